The van der Waals surface area contributed by atoms with Crippen molar-refractivity contribution in [1.82, 2.24) is 9.80 Å². The number of aliphatic hydroxyl groups excluding tert-OH is 1. The second-order valence-corrected chi connectivity index (χ2v) is 9.64. The van der Waals surface area contributed by atoms with Crippen LogP contribution in [0.3, 0.4) is 0 Å². The molecule has 0 amide bonds. The Labute approximate surface area is 162 Å². The van der Waals surface area contributed by atoms with Gasteiger partial charge in [-0.2, -0.15) is 0 Å². The van der Waals surface area contributed by atoms with Crippen LogP contribution >= 0.6 is 0 Å². The first-order chi connectivity index (χ1) is 13.2. The second kappa shape index (κ2) is 7.46. The zero-order chi connectivity index (χ0) is 18.4. The van der Waals surface area contributed by atoms with Gasteiger partial charge in [-0.25, -0.2) is 4.39 Å². The van der Waals surface area contributed by atoms with Crippen LogP contribution in [0.1, 0.15) is 44.1 Å². The van der Waals surface area contributed by atoms with Crippen LogP contribution in [-0.2, 0) is 6.54 Å². The van der Waals surface area contributed by atoms with E-state index in [9.17, 15) is 9.50 Å². The number of benzene rings is 1. The van der Waals surface area contributed by atoms with Crippen molar-refractivity contribution >= 4 is 0 Å². The van der Waals surface area contributed by atoms with E-state index in [1.807, 2.05) is 12.1 Å². The minimum atomic E-state index is -0.108. The van der Waals surface area contributed by atoms with Crippen LogP contribution in [0.5, 0.6) is 0 Å². The number of halogens is 1. The van der Waals surface area contributed by atoms with E-state index in [1.165, 1.54) is 32.1 Å². The maximum absolute atomic E-state index is 14.1. The Morgan fingerprint density at radius 3 is 2.33 bits per heavy atom. The van der Waals surface area contributed by atoms with Gasteiger partial charge >= 0.3 is 0 Å². The summed E-state index contributed by atoms with van der Waals surface area (Å²) in [6.07, 6.45) is 8.12. The minimum absolute atomic E-state index is 0.108. The van der Waals surface area contributed by atoms with Gasteiger partial charge in [0.1, 0.15) is 5.82 Å². The van der Waals surface area contributed by atoms with E-state index >= 15 is 0 Å². The summed E-state index contributed by atoms with van der Waals surface area (Å²) in [7, 11) is 0. The lowest BCUT2D eigenvalue weighted by atomic mass is 9.53. The molecule has 148 valence electrons. The quantitative estimate of drug-likeness (QED) is 0.857. The molecule has 4 bridgehead atoms. The predicted molar refractivity (Wildman–Crippen MR) is 105 cm³/mol. The average Bonchev–Trinajstić information content (AvgIpc) is 2.65. The molecule has 3 nitrogen and oxygen atoms in total. The van der Waals surface area contributed by atoms with Crippen molar-refractivity contribution in [3.05, 3.63) is 35.6 Å². The van der Waals surface area contributed by atoms with Gasteiger partial charge < -0.3 is 5.11 Å². The van der Waals surface area contributed by atoms with Crippen LogP contribution in [0.25, 0.3) is 0 Å². The molecule has 1 atom stereocenters. The molecular formula is C23H33FN2O. The van der Waals surface area contributed by atoms with Crippen molar-refractivity contribution in [3.8, 4) is 0 Å². The van der Waals surface area contributed by atoms with E-state index in [-0.39, 0.29) is 12.4 Å². The summed E-state index contributed by atoms with van der Waals surface area (Å²) in [5.74, 6) is 3.74. The molecule has 1 aromatic rings. The van der Waals surface area contributed by atoms with Gasteiger partial charge in [-0.3, -0.25) is 9.80 Å². The van der Waals surface area contributed by atoms with Gasteiger partial charge in [0.15, 0.2) is 0 Å². The molecule has 5 aliphatic rings. The van der Waals surface area contributed by atoms with E-state index < -0.39 is 0 Å². The number of aliphatic hydroxyl groups is 1. The number of piperazine rings is 1. The summed E-state index contributed by atoms with van der Waals surface area (Å²) in [6, 6.07) is 8.24. The lowest BCUT2D eigenvalue weighted by Gasteiger charge is -2.59. The van der Waals surface area contributed by atoms with E-state index in [1.54, 1.807) is 12.1 Å². The molecule has 0 aromatic heterocycles. The Morgan fingerprint density at radius 2 is 1.67 bits per heavy atom. The van der Waals surface area contributed by atoms with Crippen LogP contribution in [0.2, 0.25) is 0 Å². The van der Waals surface area contributed by atoms with Gasteiger partial charge in [0, 0.05) is 50.4 Å². The number of hydrogen-bond donors (Lipinski definition) is 1. The summed E-state index contributed by atoms with van der Waals surface area (Å²) in [4.78, 5) is 5.17. The first kappa shape index (κ1) is 18.1. The Balaban J connectivity index is 1.29. The Hall–Kier alpha value is -0.970. The van der Waals surface area contributed by atoms with Gasteiger partial charge in [0.2, 0.25) is 0 Å². The highest BCUT2D eigenvalue weighted by Gasteiger charge is 2.50. The van der Waals surface area contributed by atoms with Crippen LogP contribution in [-0.4, -0.2) is 53.2 Å². The fourth-order valence-electron chi connectivity index (χ4n) is 7.16. The third kappa shape index (κ3) is 3.45. The average molecular weight is 373 g/mol. The van der Waals surface area contributed by atoms with Gasteiger partial charge in [-0.1, -0.05) is 18.2 Å². The Bertz CT molecular complexity index is 638. The fraction of sp³-hybridized carbons (Fsp3) is 0.739. The summed E-state index contributed by atoms with van der Waals surface area (Å²) in [5.41, 5.74) is 0.781. The van der Waals surface area contributed by atoms with Crippen molar-refractivity contribution in [2.24, 2.45) is 23.7 Å². The molecule has 4 aliphatic carbocycles. The van der Waals surface area contributed by atoms with Crippen LogP contribution in [0.4, 0.5) is 4.39 Å². The molecule has 1 aliphatic heterocycles. The van der Waals surface area contributed by atoms with Gasteiger partial charge in [0.05, 0.1) is 0 Å². The van der Waals surface area contributed by atoms with Crippen molar-refractivity contribution in [3.63, 3.8) is 0 Å². The Morgan fingerprint density at radius 1 is 0.963 bits per heavy atom. The topological polar surface area (TPSA) is 26.7 Å². The molecule has 5 fully saturated rings. The molecule has 0 radical (unpaired) electrons. The maximum Gasteiger partial charge on any atom is 0.127 e. The van der Waals surface area contributed by atoms with E-state index in [0.717, 1.165) is 61.3 Å². The van der Waals surface area contributed by atoms with Gasteiger partial charge in [-0.15, -0.1) is 0 Å². The van der Waals surface area contributed by atoms with E-state index in [4.69, 9.17) is 0 Å². The van der Waals surface area contributed by atoms with E-state index in [0.29, 0.717) is 12.6 Å². The molecule has 4 saturated carbocycles. The molecular weight excluding hydrogens is 339 g/mol. The molecule has 6 rings (SSSR count). The normalized spacial score (nSPS) is 39.2. The molecule has 1 saturated heterocycles. The SMILES string of the molecule is OCC[C@H]1CN(C2C3CC4CC(C3)CC2C4)CCN1Cc1ccccc1F. The first-order valence-corrected chi connectivity index (χ1v) is 11.0. The summed E-state index contributed by atoms with van der Waals surface area (Å²) in [5, 5.41) is 9.64. The van der Waals surface area contributed by atoms with Crippen molar-refractivity contribution in [1.29, 1.82) is 0 Å². The van der Waals surface area contributed by atoms with Crippen LogP contribution in [0.15, 0.2) is 24.3 Å². The monoisotopic (exact) mass is 372 g/mol. The standard InChI is InChI=1S/C23H33FN2O/c24-22-4-2-1-3-18(22)14-25-6-7-26(15-21(25)5-8-27)23-19-10-16-9-17(12-19)13-20(23)11-16/h1-4,16-17,19-21,23,27H,5-15H2/t16?,17?,19?,20?,21-,23?/m0/s1. The van der Waals surface area contributed by atoms with Crippen LogP contribution < -0.4 is 0 Å². The van der Waals surface area contributed by atoms with E-state index in [2.05, 4.69) is 9.80 Å². The van der Waals surface area contributed by atoms with Gasteiger partial charge in [-0.05, 0) is 68.3 Å². The minimum Gasteiger partial charge on any atom is -0.396 e. The zero-order valence-corrected chi connectivity index (χ0v) is 16.3. The largest absolute Gasteiger partial charge is 0.396 e. The molecule has 0 unspecified atom stereocenters. The molecule has 27 heavy (non-hydrogen) atoms. The van der Waals surface area contributed by atoms with Crippen molar-refractivity contribution < 1.29 is 9.50 Å². The van der Waals surface area contributed by atoms with Gasteiger partial charge in [0.25, 0.3) is 0 Å². The molecule has 0 spiro atoms. The van der Waals surface area contributed by atoms with Crippen LogP contribution in [0, 0.1) is 29.5 Å². The van der Waals surface area contributed by atoms with Crippen molar-refractivity contribution in [2.45, 2.75) is 57.2 Å². The number of nitrogens with zero attached hydrogens (tertiary/aromatic N) is 2. The third-order valence-corrected chi connectivity index (χ3v) is 8.03. The second-order valence-electron chi connectivity index (χ2n) is 9.64. The number of hydrogen-bond acceptors (Lipinski definition) is 3. The lowest BCUT2D eigenvalue weighted by molar-refractivity contribution is -0.0876. The Kier molecular flexibility index (Phi) is 4.99. The maximum atomic E-state index is 14.1. The van der Waals surface area contributed by atoms with Crippen molar-refractivity contribution in [2.75, 3.05) is 26.2 Å². The summed E-state index contributed by atoms with van der Waals surface area (Å²) in [6.45, 7) is 4.01. The number of rotatable bonds is 5. The summed E-state index contributed by atoms with van der Waals surface area (Å²) < 4.78 is 14.1. The fourth-order valence-corrected chi connectivity index (χ4v) is 7.16. The highest BCUT2D eigenvalue weighted by molar-refractivity contribution is 5.17. The molecule has 1 heterocycles. The molecule has 4 heteroatoms. The third-order valence-electron chi connectivity index (χ3n) is 8.03. The molecule has 1 aromatic carbocycles. The molecule has 1 N–H and O–H groups in total. The summed E-state index contributed by atoms with van der Waals surface area (Å²) >= 11 is 0. The first-order valence-electron chi connectivity index (χ1n) is 11.0. The highest BCUT2D eigenvalue weighted by atomic mass is 19.1. The smallest absolute Gasteiger partial charge is 0.127 e. The predicted octanol–water partition coefficient (Wildman–Crippen LogP) is 3.52. The highest BCUT2D eigenvalue weighted by Crippen LogP contribution is 2.55. The lowest BCUT2D eigenvalue weighted by Crippen LogP contribution is -2.62. The zero-order valence-electron chi connectivity index (χ0n) is 16.3.